The van der Waals surface area contributed by atoms with Gasteiger partial charge in [-0.15, -0.1) is 0 Å². The molecule has 0 spiro atoms. The minimum absolute atomic E-state index is 0.0901. The number of nitrogens with zero attached hydrogens (tertiary/aromatic N) is 1. The van der Waals surface area contributed by atoms with Crippen molar-refractivity contribution >= 4 is 11.6 Å². The molecule has 0 atom stereocenters. The van der Waals surface area contributed by atoms with Crippen molar-refractivity contribution in [2.24, 2.45) is 0 Å². The molecule has 0 saturated heterocycles. The number of amides is 1. The van der Waals surface area contributed by atoms with Crippen molar-refractivity contribution < 1.29 is 22.7 Å². The van der Waals surface area contributed by atoms with Crippen molar-refractivity contribution in [1.29, 1.82) is 5.26 Å². The number of hydrogen-bond acceptors (Lipinski definition) is 3. The SMILES string of the molecule is C=CC(=O)Nc1ccc(OCc2cccc(C(F)(F)F)c2)cc1C#N. The Hall–Kier alpha value is -3.27. The summed E-state index contributed by atoms with van der Waals surface area (Å²) in [5, 5.41) is 11.6. The number of nitrogens with one attached hydrogen (secondary N) is 1. The zero-order chi connectivity index (χ0) is 18.4. The van der Waals surface area contributed by atoms with Gasteiger partial charge < -0.3 is 10.1 Å². The molecule has 1 N–H and O–H groups in total. The highest BCUT2D eigenvalue weighted by Gasteiger charge is 2.30. The summed E-state index contributed by atoms with van der Waals surface area (Å²) in [5.74, 6) is -0.167. The van der Waals surface area contributed by atoms with Crippen LogP contribution in [0.25, 0.3) is 0 Å². The second kappa shape index (κ2) is 7.53. The van der Waals surface area contributed by atoms with Gasteiger partial charge in [0.1, 0.15) is 18.4 Å². The van der Waals surface area contributed by atoms with E-state index in [1.165, 1.54) is 30.3 Å². The van der Waals surface area contributed by atoms with Gasteiger partial charge in [-0.05, 0) is 35.9 Å². The maximum absolute atomic E-state index is 12.7. The van der Waals surface area contributed by atoms with E-state index in [4.69, 9.17) is 10.00 Å². The minimum atomic E-state index is -4.42. The van der Waals surface area contributed by atoms with Crippen molar-refractivity contribution in [2.45, 2.75) is 12.8 Å². The first-order chi connectivity index (χ1) is 11.8. The van der Waals surface area contributed by atoms with Gasteiger partial charge in [-0.3, -0.25) is 4.79 Å². The molecule has 7 heteroatoms. The van der Waals surface area contributed by atoms with Crippen molar-refractivity contribution in [3.63, 3.8) is 0 Å². The first-order valence-electron chi connectivity index (χ1n) is 7.10. The third-order valence-corrected chi connectivity index (χ3v) is 3.21. The fraction of sp³-hybridized carbons (Fsp3) is 0.111. The van der Waals surface area contributed by atoms with Crippen LogP contribution >= 0.6 is 0 Å². The van der Waals surface area contributed by atoms with Crippen LogP contribution in [0, 0.1) is 11.3 Å². The monoisotopic (exact) mass is 346 g/mol. The molecule has 25 heavy (non-hydrogen) atoms. The first kappa shape index (κ1) is 18.1. The Morgan fingerprint density at radius 2 is 2.04 bits per heavy atom. The molecule has 4 nitrogen and oxygen atoms in total. The molecular weight excluding hydrogens is 333 g/mol. The van der Waals surface area contributed by atoms with Gasteiger partial charge in [0, 0.05) is 6.07 Å². The number of carbonyl (C=O) groups excluding carboxylic acids is 1. The van der Waals surface area contributed by atoms with Crippen LogP contribution in [0.5, 0.6) is 5.75 Å². The van der Waals surface area contributed by atoms with E-state index in [0.29, 0.717) is 17.0 Å². The number of ether oxygens (including phenoxy) is 1. The average molecular weight is 346 g/mol. The van der Waals surface area contributed by atoms with Gasteiger partial charge in [0.05, 0.1) is 16.8 Å². The standard InChI is InChI=1S/C18H13F3N2O2/c1-2-17(24)23-16-7-6-15(9-13(16)10-22)25-11-12-4-3-5-14(8-12)18(19,20)21/h2-9H,1,11H2,(H,23,24). The maximum Gasteiger partial charge on any atom is 0.416 e. The second-order valence-electron chi connectivity index (χ2n) is 5.00. The molecule has 0 aliphatic carbocycles. The summed E-state index contributed by atoms with van der Waals surface area (Å²) in [6.07, 6.45) is -3.35. The fourth-order valence-corrected chi connectivity index (χ4v) is 2.00. The molecule has 0 aromatic heterocycles. The Morgan fingerprint density at radius 3 is 2.68 bits per heavy atom. The number of halogens is 3. The van der Waals surface area contributed by atoms with Gasteiger partial charge in [-0.1, -0.05) is 18.7 Å². The minimum Gasteiger partial charge on any atom is -0.489 e. The molecule has 1 amide bonds. The van der Waals surface area contributed by atoms with Crippen LogP contribution in [-0.2, 0) is 17.6 Å². The summed E-state index contributed by atoms with van der Waals surface area (Å²) in [4.78, 5) is 11.3. The number of alkyl halides is 3. The van der Waals surface area contributed by atoms with Crippen molar-refractivity contribution in [3.05, 3.63) is 71.8 Å². The van der Waals surface area contributed by atoms with Crippen LogP contribution in [0.2, 0.25) is 0 Å². The van der Waals surface area contributed by atoms with Gasteiger partial charge in [-0.25, -0.2) is 0 Å². The topological polar surface area (TPSA) is 62.1 Å². The maximum atomic E-state index is 12.7. The smallest absolute Gasteiger partial charge is 0.416 e. The summed E-state index contributed by atoms with van der Waals surface area (Å²) in [6.45, 7) is 3.23. The summed E-state index contributed by atoms with van der Waals surface area (Å²) in [6, 6.07) is 11.1. The van der Waals surface area contributed by atoms with Crippen LogP contribution in [0.4, 0.5) is 18.9 Å². The van der Waals surface area contributed by atoms with E-state index in [-0.39, 0.29) is 12.2 Å². The predicted molar refractivity (Wildman–Crippen MR) is 85.8 cm³/mol. The van der Waals surface area contributed by atoms with Gasteiger partial charge in [0.15, 0.2) is 0 Å². The molecule has 0 aliphatic rings. The highest BCUT2D eigenvalue weighted by Crippen LogP contribution is 2.30. The van der Waals surface area contributed by atoms with Crippen LogP contribution in [-0.4, -0.2) is 5.91 Å². The lowest BCUT2D eigenvalue weighted by Crippen LogP contribution is -2.09. The normalized spacial score (nSPS) is 10.6. The fourth-order valence-electron chi connectivity index (χ4n) is 2.00. The van der Waals surface area contributed by atoms with E-state index in [0.717, 1.165) is 18.2 Å². The third kappa shape index (κ3) is 4.85. The van der Waals surface area contributed by atoms with Crippen LogP contribution in [0.3, 0.4) is 0 Å². The van der Waals surface area contributed by atoms with E-state index in [1.54, 1.807) is 0 Å². The Bertz CT molecular complexity index is 839. The number of carbonyl (C=O) groups is 1. The number of rotatable bonds is 5. The summed E-state index contributed by atoms with van der Waals surface area (Å²) in [7, 11) is 0. The Balaban J connectivity index is 2.12. The van der Waals surface area contributed by atoms with E-state index >= 15 is 0 Å². The molecule has 0 heterocycles. The molecule has 2 aromatic rings. The highest BCUT2D eigenvalue weighted by molar-refractivity contribution is 5.99. The quantitative estimate of drug-likeness (QED) is 0.822. The largest absolute Gasteiger partial charge is 0.489 e. The van der Waals surface area contributed by atoms with Crippen LogP contribution in [0.15, 0.2) is 55.1 Å². The molecule has 2 rings (SSSR count). The van der Waals surface area contributed by atoms with Crippen LogP contribution in [0.1, 0.15) is 16.7 Å². The average Bonchev–Trinajstić information content (AvgIpc) is 2.60. The molecule has 128 valence electrons. The van der Waals surface area contributed by atoms with E-state index < -0.39 is 17.6 Å². The number of anilines is 1. The van der Waals surface area contributed by atoms with E-state index in [9.17, 15) is 18.0 Å². The zero-order valence-electron chi connectivity index (χ0n) is 12.9. The summed E-state index contributed by atoms with van der Waals surface area (Å²) >= 11 is 0. The van der Waals surface area contributed by atoms with Gasteiger partial charge in [0.25, 0.3) is 0 Å². The van der Waals surface area contributed by atoms with Crippen molar-refractivity contribution in [3.8, 4) is 11.8 Å². The molecule has 0 aliphatic heterocycles. The Morgan fingerprint density at radius 1 is 1.28 bits per heavy atom. The third-order valence-electron chi connectivity index (χ3n) is 3.21. The second-order valence-corrected chi connectivity index (χ2v) is 5.00. The summed E-state index contributed by atoms with van der Waals surface area (Å²) < 4.78 is 43.5. The first-order valence-corrected chi connectivity index (χ1v) is 7.10. The van der Waals surface area contributed by atoms with Gasteiger partial charge >= 0.3 is 6.18 Å². The van der Waals surface area contributed by atoms with Gasteiger partial charge in [-0.2, -0.15) is 18.4 Å². The van der Waals surface area contributed by atoms with Crippen LogP contribution < -0.4 is 10.1 Å². The van der Waals surface area contributed by atoms with Crippen molar-refractivity contribution in [2.75, 3.05) is 5.32 Å². The molecule has 0 saturated carbocycles. The van der Waals surface area contributed by atoms with E-state index in [1.807, 2.05) is 6.07 Å². The summed E-state index contributed by atoms with van der Waals surface area (Å²) in [5.41, 5.74) is 0.0433. The van der Waals surface area contributed by atoms with E-state index in [2.05, 4.69) is 11.9 Å². The molecular formula is C18H13F3N2O2. The lowest BCUT2D eigenvalue weighted by molar-refractivity contribution is -0.137. The number of nitriles is 1. The lowest BCUT2D eigenvalue weighted by Gasteiger charge is -2.11. The highest BCUT2D eigenvalue weighted by atomic mass is 19.4. The Kier molecular flexibility index (Phi) is 5.45. The molecule has 0 radical (unpaired) electrons. The molecule has 0 unspecified atom stereocenters. The number of benzene rings is 2. The molecule has 0 bridgehead atoms. The van der Waals surface area contributed by atoms with Crippen molar-refractivity contribution in [1.82, 2.24) is 0 Å². The zero-order valence-corrected chi connectivity index (χ0v) is 12.9. The molecule has 0 fully saturated rings. The predicted octanol–water partition coefficient (Wildman–Crippen LogP) is 4.28. The number of hydrogen-bond donors (Lipinski definition) is 1. The lowest BCUT2D eigenvalue weighted by atomic mass is 10.1. The molecule has 2 aromatic carbocycles. The van der Waals surface area contributed by atoms with Gasteiger partial charge in [0.2, 0.25) is 5.91 Å². The Labute approximate surface area is 142 Å².